The number of carbonyl (C=O) groups excluding carboxylic acids is 4. The number of amides is 1. The summed E-state index contributed by atoms with van der Waals surface area (Å²) in [4.78, 5) is 54.3. The van der Waals surface area contributed by atoms with Gasteiger partial charge >= 0.3 is 11.9 Å². The van der Waals surface area contributed by atoms with Gasteiger partial charge in [0.1, 0.15) is 11.3 Å². The van der Waals surface area contributed by atoms with Crippen LogP contribution in [-0.2, 0) is 14.3 Å². The van der Waals surface area contributed by atoms with Gasteiger partial charge in [0.15, 0.2) is 12.4 Å². The van der Waals surface area contributed by atoms with E-state index in [1.165, 1.54) is 13.8 Å². The molecule has 0 aliphatic rings. The summed E-state index contributed by atoms with van der Waals surface area (Å²) < 4.78 is 15.7. The van der Waals surface area contributed by atoms with Crippen LogP contribution in [0.15, 0.2) is 34.7 Å². The highest BCUT2D eigenvalue weighted by molar-refractivity contribution is 6.11. The van der Waals surface area contributed by atoms with Crippen molar-refractivity contribution in [1.29, 1.82) is 0 Å². The molecule has 0 aliphatic heterocycles. The first-order valence-corrected chi connectivity index (χ1v) is 10.8. The van der Waals surface area contributed by atoms with Crippen molar-refractivity contribution >= 4 is 40.4 Å². The minimum atomic E-state index is -0.804. The predicted octanol–water partition coefficient (Wildman–Crippen LogP) is 4.43. The molecule has 2 aromatic heterocycles. The summed E-state index contributed by atoms with van der Waals surface area (Å²) in [6, 6.07) is 8.81. The number of aryl methyl sites for hydroxylation is 1. The van der Waals surface area contributed by atoms with Crippen molar-refractivity contribution in [2.75, 3.05) is 18.5 Å². The molecule has 9 nitrogen and oxygen atoms in total. The standard InChI is InChI=1S/C25H26N2O7/c1-6-32-25(31)22-21(14(4)28)15(5)34-23(22)27-20(29)12-33-24(30)17-11-19(13(2)3)26-18-10-8-7-9-16(17)18/h7-11,13H,6,12H2,1-5H3,(H,27,29). The lowest BCUT2D eigenvalue weighted by atomic mass is 10.0. The number of furan rings is 1. The number of hydrogen-bond acceptors (Lipinski definition) is 8. The van der Waals surface area contributed by atoms with Gasteiger partial charge in [-0.1, -0.05) is 32.0 Å². The quantitative estimate of drug-likeness (QED) is 0.382. The minimum absolute atomic E-state index is 0.0233. The summed E-state index contributed by atoms with van der Waals surface area (Å²) in [5.41, 5.74) is 1.51. The number of nitrogens with one attached hydrogen (secondary N) is 1. The number of anilines is 1. The highest BCUT2D eigenvalue weighted by Gasteiger charge is 2.29. The van der Waals surface area contributed by atoms with Crippen LogP contribution in [0.4, 0.5) is 5.88 Å². The van der Waals surface area contributed by atoms with E-state index in [4.69, 9.17) is 13.9 Å². The number of esters is 2. The van der Waals surface area contributed by atoms with Gasteiger partial charge in [0.2, 0.25) is 5.88 Å². The number of aromatic nitrogens is 1. The van der Waals surface area contributed by atoms with E-state index in [1.54, 1.807) is 31.2 Å². The van der Waals surface area contributed by atoms with Crippen LogP contribution >= 0.6 is 0 Å². The molecule has 9 heteroatoms. The third-order valence-corrected chi connectivity index (χ3v) is 5.05. The zero-order valence-electron chi connectivity index (χ0n) is 19.7. The van der Waals surface area contributed by atoms with E-state index in [9.17, 15) is 19.2 Å². The number of hydrogen-bond donors (Lipinski definition) is 1. The van der Waals surface area contributed by atoms with Crippen molar-refractivity contribution in [3.63, 3.8) is 0 Å². The van der Waals surface area contributed by atoms with Gasteiger partial charge in [0.05, 0.1) is 23.3 Å². The van der Waals surface area contributed by atoms with Crippen LogP contribution in [0.1, 0.15) is 76.1 Å². The molecule has 3 aromatic rings. The lowest BCUT2D eigenvalue weighted by Crippen LogP contribution is -2.22. The Morgan fingerprint density at radius 1 is 1.06 bits per heavy atom. The smallest absolute Gasteiger partial charge is 0.344 e. The second-order valence-corrected chi connectivity index (χ2v) is 7.90. The van der Waals surface area contributed by atoms with Gasteiger partial charge in [-0.25, -0.2) is 9.59 Å². The number of nitrogens with zero attached hydrogens (tertiary/aromatic N) is 1. The summed E-state index contributed by atoms with van der Waals surface area (Å²) in [5.74, 6) is -2.65. The van der Waals surface area contributed by atoms with E-state index >= 15 is 0 Å². The lowest BCUT2D eigenvalue weighted by molar-refractivity contribution is -0.119. The highest BCUT2D eigenvalue weighted by Crippen LogP contribution is 2.29. The van der Waals surface area contributed by atoms with E-state index in [2.05, 4.69) is 10.3 Å². The van der Waals surface area contributed by atoms with Gasteiger partial charge in [0, 0.05) is 11.1 Å². The molecule has 0 atom stereocenters. The Morgan fingerprint density at radius 2 is 1.76 bits per heavy atom. The molecule has 1 N–H and O–H groups in total. The van der Waals surface area contributed by atoms with Gasteiger partial charge in [0.25, 0.3) is 5.91 Å². The Hall–Kier alpha value is -4.01. The molecular weight excluding hydrogens is 440 g/mol. The van der Waals surface area contributed by atoms with Crippen LogP contribution in [0.3, 0.4) is 0 Å². The van der Waals surface area contributed by atoms with E-state index in [-0.39, 0.29) is 35.3 Å². The molecule has 3 rings (SSSR count). The van der Waals surface area contributed by atoms with Crippen LogP contribution in [0.25, 0.3) is 10.9 Å². The Balaban J connectivity index is 1.80. The van der Waals surface area contributed by atoms with Crippen molar-refractivity contribution in [2.45, 2.75) is 40.5 Å². The Kier molecular flexibility index (Phi) is 7.45. The molecule has 0 fully saturated rings. The number of para-hydroxylation sites is 1. The number of Topliss-reactive ketones (excluding diaryl/α,β-unsaturated/α-hetero) is 1. The normalized spacial score (nSPS) is 10.9. The molecule has 0 saturated heterocycles. The highest BCUT2D eigenvalue weighted by atomic mass is 16.5. The second-order valence-electron chi connectivity index (χ2n) is 7.90. The molecule has 0 unspecified atom stereocenters. The van der Waals surface area contributed by atoms with Crippen molar-refractivity contribution in [1.82, 2.24) is 4.98 Å². The van der Waals surface area contributed by atoms with E-state index in [0.29, 0.717) is 16.5 Å². The third kappa shape index (κ3) is 5.14. The zero-order chi connectivity index (χ0) is 25.0. The topological polar surface area (TPSA) is 125 Å². The summed E-state index contributed by atoms with van der Waals surface area (Å²) in [6.07, 6.45) is 0. The average molecular weight is 466 g/mol. The van der Waals surface area contributed by atoms with Gasteiger partial charge in [-0.15, -0.1) is 0 Å². The van der Waals surface area contributed by atoms with E-state index in [0.717, 1.165) is 5.69 Å². The first kappa shape index (κ1) is 24.6. The molecule has 0 aliphatic carbocycles. The zero-order valence-corrected chi connectivity index (χ0v) is 19.7. The molecular formula is C25H26N2O7. The molecule has 0 bridgehead atoms. The maximum absolute atomic E-state index is 12.8. The summed E-state index contributed by atoms with van der Waals surface area (Å²) in [6.45, 7) is 7.74. The fourth-order valence-corrected chi connectivity index (χ4v) is 3.49. The predicted molar refractivity (Wildman–Crippen MR) is 124 cm³/mol. The number of fused-ring (bicyclic) bond motifs is 1. The van der Waals surface area contributed by atoms with Crippen LogP contribution in [0.5, 0.6) is 0 Å². The number of pyridine rings is 1. The fourth-order valence-electron chi connectivity index (χ4n) is 3.49. The van der Waals surface area contributed by atoms with Gasteiger partial charge < -0.3 is 13.9 Å². The second kappa shape index (κ2) is 10.3. The van der Waals surface area contributed by atoms with Gasteiger partial charge in [-0.3, -0.25) is 19.9 Å². The Labute approximate surface area is 196 Å². The SMILES string of the molecule is CCOC(=O)c1c(NC(=O)COC(=O)c2cc(C(C)C)nc3ccccc23)oc(C)c1C(C)=O. The van der Waals surface area contributed by atoms with E-state index in [1.807, 2.05) is 19.9 Å². The molecule has 1 aromatic carbocycles. The summed E-state index contributed by atoms with van der Waals surface area (Å²) >= 11 is 0. The monoisotopic (exact) mass is 466 g/mol. The van der Waals surface area contributed by atoms with Crippen molar-refractivity contribution in [2.24, 2.45) is 0 Å². The van der Waals surface area contributed by atoms with Crippen LogP contribution in [0, 0.1) is 6.92 Å². The van der Waals surface area contributed by atoms with Crippen LogP contribution < -0.4 is 5.32 Å². The largest absolute Gasteiger partial charge is 0.462 e. The lowest BCUT2D eigenvalue weighted by Gasteiger charge is -2.11. The summed E-state index contributed by atoms with van der Waals surface area (Å²) in [5, 5.41) is 3.00. The molecule has 0 radical (unpaired) electrons. The van der Waals surface area contributed by atoms with Crippen LogP contribution in [0.2, 0.25) is 0 Å². The minimum Gasteiger partial charge on any atom is -0.462 e. The third-order valence-electron chi connectivity index (χ3n) is 5.05. The van der Waals surface area contributed by atoms with Crippen molar-refractivity contribution in [3.8, 4) is 0 Å². The number of rotatable bonds is 8. The molecule has 1 amide bonds. The van der Waals surface area contributed by atoms with Crippen molar-refractivity contribution < 1.29 is 33.1 Å². The van der Waals surface area contributed by atoms with E-state index < -0.39 is 30.2 Å². The fraction of sp³-hybridized carbons (Fsp3) is 0.320. The maximum Gasteiger partial charge on any atom is 0.344 e. The maximum atomic E-state index is 12.8. The molecule has 0 saturated carbocycles. The number of ether oxygens (including phenoxy) is 2. The molecule has 0 spiro atoms. The average Bonchev–Trinajstić information content (AvgIpc) is 3.12. The number of ketones is 1. The van der Waals surface area contributed by atoms with Gasteiger partial charge in [-0.2, -0.15) is 0 Å². The Morgan fingerprint density at radius 3 is 2.41 bits per heavy atom. The summed E-state index contributed by atoms with van der Waals surface area (Å²) in [7, 11) is 0. The van der Waals surface area contributed by atoms with Crippen molar-refractivity contribution in [3.05, 3.63) is 58.5 Å². The molecule has 34 heavy (non-hydrogen) atoms. The number of benzene rings is 1. The first-order chi connectivity index (χ1) is 16.1. The molecule has 178 valence electrons. The Bertz CT molecular complexity index is 1270. The van der Waals surface area contributed by atoms with Gasteiger partial charge in [-0.05, 0) is 38.8 Å². The number of carbonyl (C=O) groups is 4. The van der Waals surface area contributed by atoms with Crippen LogP contribution in [-0.4, -0.2) is 41.8 Å². The molecule has 2 heterocycles. The first-order valence-electron chi connectivity index (χ1n) is 10.8.